The molecule has 3 nitrogen and oxygen atoms in total. The third-order valence-corrected chi connectivity index (χ3v) is 6.06. The van der Waals surface area contributed by atoms with Crippen molar-refractivity contribution in [3.63, 3.8) is 0 Å². The fourth-order valence-corrected chi connectivity index (χ4v) is 4.64. The van der Waals surface area contributed by atoms with Gasteiger partial charge in [0.2, 0.25) is 0 Å². The van der Waals surface area contributed by atoms with Crippen LogP contribution in [0.3, 0.4) is 0 Å². The fourth-order valence-electron chi connectivity index (χ4n) is 1.25. The van der Waals surface area contributed by atoms with Crippen molar-refractivity contribution in [1.82, 2.24) is 0 Å². The summed E-state index contributed by atoms with van der Waals surface area (Å²) in [5, 5.41) is 1.57. The van der Waals surface area contributed by atoms with Gasteiger partial charge in [-0.15, -0.1) is 11.3 Å². The summed E-state index contributed by atoms with van der Waals surface area (Å²) in [4.78, 5) is 0. The Balaban J connectivity index is 2.40. The highest BCUT2D eigenvalue weighted by atomic mass is 79.9. The molecule has 0 aliphatic heterocycles. The lowest BCUT2D eigenvalue weighted by molar-refractivity contribution is 0.511. The molecule has 0 atom stereocenters. The lowest BCUT2D eigenvalue weighted by Gasteiger charge is -2.08. The van der Waals surface area contributed by atoms with Crippen LogP contribution in [0.1, 0.15) is 0 Å². The summed E-state index contributed by atoms with van der Waals surface area (Å²) in [6, 6.07) is 4.84. The SMILES string of the molecule is O=S(=O)(Nc1cccc(F)c1F)c1sccc1Br. The van der Waals surface area contributed by atoms with E-state index < -0.39 is 27.3 Å². The second kappa shape index (κ2) is 4.94. The molecule has 1 heterocycles. The molecule has 1 aromatic heterocycles. The van der Waals surface area contributed by atoms with Crippen LogP contribution in [-0.2, 0) is 10.0 Å². The molecule has 0 aliphatic carbocycles. The summed E-state index contributed by atoms with van der Waals surface area (Å²) < 4.78 is 52.6. The Kier molecular flexibility index (Phi) is 3.69. The van der Waals surface area contributed by atoms with E-state index in [4.69, 9.17) is 0 Å². The van der Waals surface area contributed by atoms with E-state index in [1.807, 2.05) is 4.72 Å². The van der Waals surface area contributed by atoms with E-state index in [0.717, 1.165) is 23.5 Å². The summed E-state index contributed by atoms with van der Waals surface area (Å²) in [7, 11) is -3.92. The van der Waals surface area contributed by atoms with Gasteiger partial charge in [0.25, 0.3) is 10.0 Å². The summed E-state index contributed by atoms with van der Waals surface area (Å²) in [5.74, 6) is -2.34. The van der Waals surface area contributed by atoms with Crippen molar-refractivity contribution in [1.29, 1.82) is 0 Å². The molecule has 1 N–H and O–H groups in total. The highest BCUT2D eigenvalue weighted by Crippen LogP contribution is 2.30. The van der Waals surface area contributed by atoms with Crippen molar-refractivity contribution < 1.29 is 17.2 Å². The molecule has 0 saturated heterocycles. The number of benzene rings is 1. The van der Waals surface area contributed by atoms with Crippen molar-refractivity contribution >= 4 is 43.0 Å². The van der Waals surface area contributed by atoms with Crippen LogP contribution in [0.4, 0.5) is 14.5 Å². The van der Waals surface area contributed by atoms with Crippen LogP contribution in [0, 0.1) is 11.6 Å². The number of anilines is 1. The van der Waals surface area contributed by atoms with E-state index in [9.17, 15) is 17.2 Å². The molecular weight excluding hydrogens is 348 g/mol. The molecule has 1 aromatic carbocycles. The average Bonchev–Trinajstić information content (AvgIpc) is 2.72. The highest BCUT2D eigenvalue weighted by molar-refractivity contribution is 9.10. The zero-order chi connectivity index (χ0) is 13.3. The number of halogens is 3. The van der Waals surface area contributed by atoms with Gasteiger partial charge in [-0.3, -0.25) is 4.72 Å². The minimum absolute atomic E-state index is 0.00570. The summed E-state index contributed by atoms with van der Waals surface area (Å²) in [6.45, 7) is 0. The van der Waals surface area contributed by atoms with E-state index in [0.29, 0.717) is 4.47 Å². The highest BCUT2D eigenvalue weighted by Gasteiger charge is 2.21. The monoisotopic (exact) mass is 353 g/mol. The molecule has 0 fully saturated rings. The maximum absolute atomic E-state index is 13.4. The second-order valence-corrected chi connectivity index (χ2v) is 6.91. The van der Waals surface area contributed by atoms with Crippen LogP contribution in [0.25, 0.3) is 0 Å². The molecule has 2 aromatic rings. The molecule has 0 spiro atoms. The van der Waals surface area contributed by atoms with E-state index in [1.54, 1.807) is 11.4 Å². The van der Waals surface area contributed by atoms with Gasteiger partial charge in [-0.2, -0.15) is 0 Å². The predicted octanol–water partition coefficient (Wildman–Crippen LogP) is 3.59. The number of nitrogens with one attached hydrogen (secondary N) is 1. The summed E-state index contributed by atoms with van der Waals surface area (Å²) in [6.07, 6.45) is 0. The Labute approximate surface area is 115 Å². The molecule has 96 valence electrons. The van der Waals surface area contributed by atoms with E-state index in [1.165, 1.54) is 6.07 Å². The molecule has 0 aliphatic rings. The molecule has 0 unspecified atom stereocenters. The van der Waals surface area contributed by atoms with Gasteiger partial charge in [0.15, 0.2) is 15.8 Å². The number of rotatable bonds is 3. The first-order chi connectivity index (χ1) is 8.42. The Morgan fingerprint density at radius 3 is 2.56 bits per heavy atom. The van der Waals surface area contributed by atoms with Gasteiger partial charge in [0.1, 0.15) is 0 Å². The Morgan fingerprint density at radius 2 is 1.94 bits per heavy atom. The third-order valence-electron chi connectivity index (χ3n) is 2.02. The van der Waals surface area contributed by atoms with Gasteiger partial charge >= 0.3 is 0 Å². The second-order valence-electron chi connectivity index (χ2n) is 3.26. The van der Waals surface area contributed by atoms with Crippen molar-refractivity contribution in [2.75, 3.05) is 4.72 Å². The summed E-state index contributed by atoms with van der Waals surface area (Å²) in [5.41, 5.74) is -0.421. The largest absolute Gasteiger partial charge is 0.276 e. The molecular formula is C10H6BrF2NO2S2. The normalized spacial score (nSPS) is 11.5. The van der Waals surface area contributed by atoms with Crippen LogP contribution < -0.4 is 4.72 Å². The van der Waals surface area contributed by atoms with Gasteiger partial charge in [-0.1, -0.05) is 6.07 Å². The van der Waals surface area contributed by atoms with Gasteiger partial charge in [0.05, 0.1) is 5.69 Å². The Bertz CT molecular complexity index is 685. The maximum Gasteiger partial charge on any atom is 0.272 e. The van der Waals surface area contributed by atoms with Crippen LogP contribution >= 0.6 is 27.3 Å². The molecule has 8 heteroatoms. The molecule has 0 amide bonds. The van der Waals surface area contributed by atoms with Crippen molar-refractivity contribution in [3.05, 3.63) is 45.8 Å². The summed E-state index contributed by atoms with van der Waals surface area (Å²) >= 11 is 4.04. The fraction of sp³-hybridized carbons (Fsp3) is 0. The van der Waals surface area contributed by atoms with Crippen LogP contribution in [0.5, 0.6) is 0 Å². The number of sulfonamides is 1. The van der Waals surface area contributed by atoms with Gasteiger partial charge in [-0.05, 0) is 39.5 Å². The average molecular weight is 354 g/mol. The van der Waals surface area contributed by atoms with Crippen molar-refractivity contribution in [2.24, 2.45) is 0 Å². The van der Waals surface area contributed by atoms with E-state index in [2.05, 4.69) is 15.9 Å². The molecule has 0 saturated carbocycles. The smallest absolute Gasteiger partial charge is 0.272 e. The molecule has 18 heavy (non-hydrogen) atoms. The molecule has 0 radical (unpaired) electrons. The minimum atomic E-state index is -3.92. The van der Waals surface area contributed by atoms with Crippen LogP contribution in [0.15, 0.2) is 38.3 Å². The van der Waals surface area contributed by atoms with Crippen molar-refractivity contribution in [3.8, 4) is 0 Å². The number of thiophene rings is 1. The maximum atomic E-state index is 13.4. The van der Waals surface area contributed by atoms with Gasteiger partial charge in [0, 0.05) is 4.47 Å². The number of hydrogen-bond acceptors (Lipinski definition) is 3. The molecule has 2 rings (SSSR count). The first-order valence-corrected chi connectivity index (χ1v) is 7.77. The topological polar surface area (TPSA) is 46.2 Å². The standard InChI is InChI=1S/C10H6BrF2NO2S2/c11-6-4-5-17-10(6)18(15,16)14-8-3-1-2-7(12)9(8)13/h1-5,14H. The zero-order valence-electron chi connectivity index (χ0n) is 8.65. The Morgan fingerprint density at radius 1 is 1.22 bits per heavy atom. The predicted molar refractivity (Wildman–Crippen MR) is 69.2 cm³/mol. The third kappa shape index (κ3) is 2.55. The zero-order valence-corrected chi connectivity index (χ0v) is 11.9. The van der Waals surface area contributed by atoms with E-state index >= 15 is 0 Å². The van der Waals surface area contributed by atoms with Gasteiger partial charge < -0.3 is 0 Å². The van der Waals surface area contributed by atoms with Crippen LogP contribution in [-0.4, -0.2) is 8.42 Å². The molecule has 0 bridgehead atoms. The lowest BCUT2D eigenvalue weighted by Crippen LogP contribution is -2.13. The minimum Gasteiger partial charge on any atom is -0.276 e. The lowest BCUT2D eigenvalue weighted by atomic mass is 10.3. The van der Waals surface area contributed by atoms with E-state index in [-0.39, 0.29) is 4.21 Å². The first-order valence-electron chi connectivity index (χ1n) is 4.61. The van der Waals surface area contributed by atoms with Crippen molar-refractivity contribution in [2.45, 2.75) is 4.21 Å². The Hall–Kier alpha value is -0.990. The first kappa shape index (κ1) is 13.4. The quantitative estimate of drug-likeness (QED) is 0.916. The van der Waals surface area contributed by atoms with Gasteiger partial charge in [-0.25, -0.2) is 17.2 Å². The number of hydrogen-bond donors (Lipinski definition) is 1. The van der Waals surface area contributed by atoms with Crippen LogP contribution in [0.2, 0.25) is 0 Å².